The number of thiazole rings is 1. The van der Waals surface area contributed by atoms with Crippen LogP contribution >= 0.6 is 11.3 Å². The Labute approximate surface area is 123 Å². The van der Waals surface area contributed by atoms with Gasteiger partial charge in [-0.15, -0.1) is 11.3 Å². The molecule has 0 aliphatic rings. The summed E-state index contributed by atoms with van der Waals surface area (Å²) in [6.45, 7) is 4.46. The average Bonchev–Trinajstić information content (AvgIpc) is 2.83. The lowest BCUT2D eigenvalue weighted by atomic mass is 10.1. The normalized spacial score (nSPS) is 10.4. The Balaban J connectivity index is 2.14. The molecule has 1 aromatic carbocycles. The molecule has 1 N–H and O–H groups in total. The van der Waals surface area contributed by atoms with E-state index >= 15 is 0 Å². The van der Waals surface area contributed by atoms with E-state index in [0.29, 0.717) is 6.54 Å². The Morgan fingerprint density at radius 2 is 2.15 bits per heavy atom. The molecule has 0 bridgehead atoms. The first-order valence-electron chi connectivity index (χ1n) is 6.46. The molecule has 4 nitrogen and oxygen atoms in total. The van der Waals surface area contributed by atoms with Crippen LogP contribution in [0.1, 0.15) is 26.6 Å². The molecule has 1 aromatic heterocycles. The molecule has 2 rings (SSSR count). The van der Waals surface area contributed by atoms with Crippen LogP contribution in [0.4, 0.5) is 5.69 Å². The van der Waals surface area contributed by atoms with Gasteiger partial charge in [-0.25, -0.2) is 4.98 Å². The molecule has 0 saturated heterocycles. The van der Waals surface area contributed by atoms with Crippen molar-refractivity contribution in [3.63, 3.8) is 0 Å². The number of benzene rings is 1. The molecule has 20 heavy (non-hydrogen) atoms. The van der Waals surface area contributed by atoms with Gasteiger partial charge in [-0.1, -0.05) is 0 Å². The molecule has 106 valence electrons. The van der Waals surface area contributed by atoms with E-state index in [1.54, 1.807) is 16.2 Å². The second-order valence-corrected chi connectivity index (χ2v) is 5.86. The lowest BCUT2D eigenvalue weighted by molar-refractivity contribution is 0.0783. The monoisotopic (exact) mass is 289 g/mol. The van der Waals surface area contributed by atoms with Crippen LogP contribution in [0.25, 0.3) is 0 Å². The number of carbonyl (C=O) groups excluding carboxylic acids is 1. The van der Waals surface area contributed by atoms with E-state index in [4.69, 9.17) is 0 Å². The number of anilines is 1. The summed E-state index contributed by atoms with van der Waals surface area (Å²) in [7, 11) is 3.68. The standard InChI is InChI=1S/C15H19N3OS/c1-10-7-12(16-3)5-6-14(10)15(19)18(4)8-13-9-20-11(2)17-13/h5-7,9,16H,8H2,1-4H3. The number of nitrogens with zero attached hydrogens (tertiary/aromatic N) is 2. The van der Waals surface area contributed by atoms with Crippen LogP contribution in [0, 0.1) is 13.8 Å². The largest absolute Gasteiger partial charge is 0.388 e. The molecule has 0 saturated carbocycles. The number of aryl methyl sites for hydroxylation is 2. The first kappa shape index (κ1) is 14.5. The van der Waals surface area contributed by atoms with Crippen LogP contribution < -0.4 is 5.32 Å². The van der Waals surface area contributed by atoms with E-state index in [2.05, 4.69) is 10.3 Å². The zero-order valence-electron chi connectivity index (χ0n) is 12.2. The van der Waals surface area contributed by atoms with Crippen molar-refractivity contribution in [1.29, 1.82) is 0 Å². The molecular formula is C15H19N3OS. The van der Waals surface area contributed by atoms with Gasteiger partial charge in [-0.05, 0) is 37.6 Å². The van der Waals surface area contributed by atoms with Crippen molar-refractivity contribution in [2.45, 2.75) is 20.4 Å². The van der Waals surface area contributed by atoms with Gasteiger partial charge in [0.1, 0.15) is 0 Å². The van der Waals surface area contributed by atoms with Gasteiger partial charge >= 0.3 is 0 Å². The minimum absolute atomic E-state index is 0.0239. The van der Waals surface area contributed by atoms with E-state index in [0.717, 1.165) is 27.5 Å². The van der Waals surface area contributed by atoms with Crippen molar-refractivity contribution in [2.24, 2.45) is 0 Å². The zero-order chi connectivity index (χ0) is 14.7. The maximum absolute atomic E-state index is 12.5. The maximum atomic E-state index is 12.5. The summed E-state index contributed by atoms with van der Waals surface area (Å²) >= 11 is 1.60. The van der Waals surface area contributed by atoms with Crippen LogP contribution in [0.15, 0.2) is 23.6 Å². The maximum Gasteiger partial charge on any atom is 0.254 e. The van der Waals surface area contributed by atoms with Crippen LogP contribution in [-0.2, 0) is 6.54 Å². The van der Waals surface area contributed by atoms with Crippen LogP contribution in [0.2, 0.25) is 0 Å². The molecule has 1 amide bonds. The fraction of sp³-hybridized carbons (Fsp3) is 0.333. The second kappa shape index (κ2) is 6.05. The zero-order valence-corrected chi connectivity index (χ0v) is 13.0. The first-order valence-corrected chi connectivity index (χ1v) is 7.34. The number of rotatable bonds is 4. The van der Waals surface area contributed by atoms with E-state index in [1.807, 2.05) is 51.5 Å². The van der Waals surface area contributed by atoms with Crippen molar-refractivity contribution >= 4 is 22.9 Å². The number of nitrogens with one attached hydrogen (secondary N) is 1. The number of hydrogen-bond acceptors (Lipinski definition) is 4. The Hall–Kier alpha value is -1.88. The van der Waals surface area contributed by atoms with Gasteiger partial charge < -0.3 is 10.2 Å². The topological polar surface area (TPSA) is 45.2 Å². The molecule has 2 aromatic rings. The molecule has 0 fully saturated rings. The summed E-state index contributed by atoms with van der Waals surface area (Å²) in [6, 6.07) is 5.77. The van der Waals surface area contributed by atoms with E-state index in [9.17, 15) is 4.79 Å². The highest BCUT2D eigenvalue weighted by molar-refractivity contribution is 7.09. The lowest BCUT2D eigenvalue weighted by Crippen LogP contribution is -2.27. The van der Waals surface area contributed by atoms with Gasteiger partial charge in [-0.3, -0.25) is 4.79 Å². The lowest BCUT2D eigenvalue weighted by Gasteiger charge is -2.17. The quantitative estimate of drug-likeness (QED) is 0.941. The summed E-state index contributed by atoms with van der Waals surface area (Å²) < 4.78 is 0. The van der Waals surface area contributed by atoms with E-state index in [-0.39, 0.29) is 5.91 Å². The Morgan fingerprint density at radius 1 is 1.40 bits per heavy atom. The van der Waals surface area contributed by atoms with Crippen molar-refractivity contribution in [1.82, 2.24) is 9.88 Å². The first-order chi connectivity index (χ1) is 9.51. The third kappa shape index (κ3) is 3.17. The Morgan fingerprint density at radius 3 is 2.70 bits per heavy atom. The van der Waals surface area contributed by atoms with Gasteiger partial charge in [0.15, 0.2) is 0 Å². The molecule has 0 spiro atoms. The van der Waals surface area contributed by atoms with Crippen molar-refractivity contribution in [3.8, 4) is 0 Å². The molecule has 0 radical (unpaired) electrons. The molecule has 0 aliphatic heterocycles. The highest BCUT2D eigenvalue weighted by Crippen LogP contribution is 2.17. The fourth-order valence-electron chi connectivity index (χ4n) is 2.06. The molecule has 0 aliphatic carbocycles. The molecule has 0 unspecified atom stereocenters. The third-order valence-corrected chi connectivity index (χ3v) is 3.98. The van der Waals surface area contributed by atoms with Crippen LogP contribution in [0.3, 0.4) is 0 Å². The van der Waals surface area contributed by atoms with Gasteiger partial charge in [0, 0.05) is 30.7 Å². The summed E-state index contributed by atoms with van der Waals surface area (Å²) in [5, 5.41) is 6.09. The Kier molecular flexibility index (Phi) is 4.39. The van der Waals surface area contributed by atoms with Gasteiger partial charge in [-0.2, -0.15) is 0 Å². The summed E-state index contributed by atoms with van der Waals surface area (Å²) in [4.78, 5) is 18.6. The molecule has 5 heteroatoms. The Bertz CT molecular complexity index is 621. The minimum atomic E-state index is 0.0239. The third-order valence-electron chi connectivity index (χ3n) is 3.16. The SMILES string of the molecule is CNc1ccc(C(=O)N(C)Cc2csc(C)n2)c(C)c1. The highest BCUT2D eigenvalue weighted by atomic mass is 32.1. The number of hydrogen-bond donors (Lipinski definition) is 1. The van der Waals surface area contributed by atoms with E-state index in [1.165, 1.54) is 0 Å². The van der Waals surface area contributed by atoms with Crippen molar-refractivity contribution in [3.05, 3.63) is 45.4 Å². The summed E-state index contributed by atoms with van der Waals surface area (Å²) in [6.07, 6.45) is 0. The number of amides is 1. The van der Waals surface area contributed by atoms with Crippen molar-refractivity contribution in [2.75, 3.05) is 19.4 Å². The van der Waals surface area contributed by atoms with Gasteiger partial charge in [0.05, 0.1) is 17.2 Å². The molecular weight excluding hydrogens is 270 g/mol. The predicted octanol–water partition coefficient (Wildman–Crippen LogP) is 3.07. The predicted molar refractivity (Wildman–Crippen MR) is 83.4 cm³/mol. The fourth-order valence-corrected chi connectivity index (χ4v) is 2.66. The highest BCUT2D eigenvalue weighted by Gasteiger charge is 2.15. The van der Waals surface area contributed by atoms with Crippen molar-refractivity contribution < 1.29 is 4.79 Å². The average molecular weight is 289 g/mol. The van der Waals surface area contributed by atoms with Crippen LogP contribution in [0.5, 0.6) is 0 Å². The number of carbonyl (C=O) groups is 1. The second-order valence-electron chi connectivity index (χ2n) is 4.80. The summed E-state index contributed by atoms with van der Waals surface area (Å²) in [5.41, 5.74) is 3.66. The smallest absolute Gasteiger partial charge is 0.254 e. The van der Waals surface area contributed by atoms with E-state index < -0.39 is 0 Å². The molecule has 0 atom stereocenters. The summed E-state index contributed by atoms with van der Waals surface area (Å²) in [5.74, 6) is 0.0239. The minimum Gasteiger partial charge on any atom is -0.388 e. The van der Waals surface area contributed by atoms with Crippen LogP contribution in [-0.4, -0.2) is 29.9 Å². The number of aromatic nitrogens is 1. The van der Waals surface area contributed by atoms with Gasteiger partial charge in [0.2, 0.25) is 0 Å². The van der Waals surface area contributed by atoms with Gasteiger partial charge in [0.25, 0.3) is 5.91 Å². The molecule has 1 heterocycles.